The molecule has 18 heavy (non-hydrogen) atoms. The van der Waals surface area contributed by atoms with Gasteiger partial charge < -0.3 is 9.47 Å². The molecule has 3 rings (SSSR count). The Labute approximate surface area is 106 Å². The first kappa shape index (κ1) is 11.4. The molecule has 0 N–H and O–H groups in total. The van der Waals surface area contributed by atoms with Gasteiger partial charge in [0.1, 0.15) is 6.10 Å². The Morgan fingerprint density at radius 3 is 2.72 bits per heavy atom. The predicted molar refractivity (Wildman–Crippen MR) is 69.2 cm³/mol. The topological polar surface area (TPSA) is 31.4 Å². The molecule has 0 saturated carbocycles. The summed E-state index contributed by atoms with van der Waals surface area (Å²) < 4.78 is 11.1. The number of aromatic nitrogens is 1. The summed E-state index contributed by atoms with van der Waals surface area (Å²) in [7, 11) is 0. The van der Waals surface area contributed by atoms with Crippen LogP contribution in [0.4, 0.5) is 0 Å². The van der Waals surface area contributed by atoms with E-state index in [1.807, 2.05) is 30.5 Å². The molecule has 0 spiro atoms. The highest BCUT2D eigenvalue weighted by Gasteiger charge is 2.17. The molecular formula is C15H15NO2. The van der Waals surface area contributed by atoms with E-state index in [1.54, 1.807) is 0 Å². The summed E-state index contributed by atoms with van der Waals surface area (Å²) in [4.78, 5) is 4.41. The Balaban J connectivity index is 1.89. The summed E-state index contributed by atoms with van der Waals surface area (Å²) >= 11 is 0. The minimum absolute atomic E-state index is 0.0317. The zero-order chi connectivity index (χ0) is 12.2. The van der Waals surface area contributed by atoms with Gasteiger partial charge in [0, 0.05) is 11.8 Å². The maximum absolute atomic E-state index is 5.70. The fraction of sp³-hybridized carbons (Fsp3) is 0.267. The molecule has 92 valence electrons. The van der Waals surface area contributed by atoms with Crippen molar-refractivity contribution < 1.29 is 9.47 Å². The molecule has 3 heteroatoms. The SMILES string of the molecule is c1ccc(-c2cc(C3COCCO3)ccn2)cc1. The molecule has 1 aliphatic rings. The Morgan fingerprint density at radius 2 is 1.94 bits per heavy atom. The summed E-state index contributed by atoms with van der Waals surface area (Å²) in [6.07, 6.45) is 1.86. The van der Waals surface area contributed by atoms with Crippen molar-refractivity contribution in [2.75, 3.05) is 19.8 Å². The molecule has 0 amide bonds. The van der Waals surface area contributed by atoms with E-state index in [4.69, 9.17) is 9.47 Å². The number of pyridine rings is 1. The van der Waals surface area contributed by atoms with Crippen LogP contribution >= 0.6 is 0 Å². The molecule has 1 aliphatic heterocycles. The van der Waals surface area contributed by atoms with E-state index in [9.17, 15) is 0 Å². The number of ether oxygens (including phenoxy) is 2. The van der Waals surface area contributed by atoms with Crippen molar-refractivity contribution in [3.8, 4) is 11.3 Å². The highest BCUT2D eigenvalue weighted by molar-refractivity contribution is 5.59. The van der Waals surface area contributed by atoms with Crippen molar-refractivity contribution in [1.82, 2.24) is 4.98 Å². The van der Waals surface area contributed by atoms with Crippen LogP contribution in [0.2, 0.25) is 0 Å². The lowest BCUT2D eigenvalue weighted by atomic mass is 10.1. The quantitative estimate of drug-likeness (QED) is 0.810. The van der Waals surface area contributed by atoms with Crippen molar-refractivity contribution >= 4 is 0 Å². The fourth-order valence-corrected chi connectivity index (χ4v) is 2.09. The van der Waals surface area contributed by atoms with Gasteiger partial charge in [-0.25, -0.2) is 0 Å². The van der Waals surface area contributed by atoms with Gasteiger partial charge in [-0.2, -0.15) is 0 Å². The van der Waals surface area contributed by atoms with Gasteiger partial charge in [0.2, 0.25) is 0 Å². The Bertz CT molecular complexity index is 507. The monoisotopic (exact) mass is 241 g/mol. The lowest BCUT2D eigenvalue weighted by Crippen LogP contribution is -2.21. The van der Waals surface area contributed by atoms with Gasteiger partial charge in [0.15, 0.2) is 0 Å². The second-order valence-corrected chi connectivity index (χ2v) is 4.27. The van der Waals surface area contributed by atoms with Crippen molar-refractivity contribution in [2.45, 2.75) is 6.10 Å². The van der Waals surface area contributed by atoms with Crippen LogP contribution in [0.1, 0.15) is 11.7 Å². The van der Waals surface area contributed by atoms with Gasteiger partial charge in [-0.3, -0.25) is 4.98 Å². The van der Waals surface area contributed by atoms with E-state index in [2.05, 4.69) is 23.2 Å². The van der Waals surface area contributed by atoms with E-state index >= 15 is 0 Å². The number of hydrogen-bond donors (Lipinski definition) is 0. The summed E-state index contributed by atoms with van der Waals surface area (Å²) in [5, 5.41) is 0. The average Bonchev–Trinajstić information content (AvgIpc) is 2.49. The van der Waals surface area contributed by atoms with Gasteiger partial charge in [-0.15, -0.1) is 0 Å². The van der Waals surface area contributed by atoms with Gasteiger partial charge in [0.05, 0.1) is 25.5 Å². The largest absolute Gasteiger partial charge is 0.376 e. The zero-order valence-electron chi connectivity index (χ0n) is 10.1. The molecule has 3 nitrogen and oxygen atoms in total. The molecule has 1 fully saturated rings. The fourth-order valence-electron chi connectivity index (χ4n) is 2.09. The Kier molecular flexibility index (Phi) is 3.35. The molecule has 2 heterocycles. The molecule has 2 aromatic rings. The smallest absolute Gasteiger partial charge is 0.106 e. The summed E-state index contributed by atoms with van der Waals surface area (Å²) in [5.74, 6) is 0. The molecule has 1 aromatic heterocycles. The van der Waals surface area contributed by atoms with E-state index in [1.165, 1.54) is 0 Å². The molecule has 1 atom stereocenters. The molecule has 1 saturated heterocycles. The van der Waals surface area contributed by atoms with E-state index in [0.717, 1.165) is 16.8 Å². The number of benzene rings is 1. The van der Waals surface area contributed by atoms with Crippen LogP contribution in [0.15, 0.2) is 48.7 Å². The lowest BCUT2D eigenvalue weighted by molar-refractivity contribution is -0.0901. The van der Waals surface area contributed by atoms with Crippen LogP contribution in [-0.2, 0) is 9.47 Å². The first-order chi connectivity index (χ1) is 8.93. The van der Waals surface area contributed by atoms with Crippen molar-refractivity contribution in [3.05, 3.63) is 54.2 Å². The molecule has 0 aliphatic carbocycles. The average molecular weight is 241 g/mol. The molecule has 0 bridgehead atoms. The second kappa shape index (κ2) is 5.29. The third kappa shape index (κ3) is 2.42. The van der Waals surface area contributed by atoms with Crippen LogP contribution in [0.25, 0.3) is 11.3 Å². The van der Waals surface area contributed by atoms with Crippen LogP contribution in [0, 0.1) is 0 Å². The second-order valence-electron chi connectivity index (χ2n) is 4.27. The normalized spacial score (nSPS) is 19.7. The number of nitrogens with zero attached hydrogens (tertiary/aromatic N) is 1. The van der Waals surface area contributed by atoms with E-state index in [0.29, 0.717) is 19.8 Å². The minimum atomic E-state index is 0.0317. The number of rotatable bonds is 2. The first-order valence-corrected chi connectivity index (χ1v) is 6.14. The third-order valence-electron chi connectivity index (χ3n) is 3.04. The van der Waals surface area contributed by atoms with Crippen molar-refractivity contribution in [2.24, 2.45) is 0 Å². The molecule has 1 aromatic carbocycles. The molecular weight excluding hydrogens is 226 g/mol. The highest BCUT2D eigenvalue weighted by Crippen LogP contribution is 2.24. The number of hydrogen-bond acceptors (Lipinski definition) is 3. The van der Waals surface area contributed by atoms with Crippen molar-refractivity contribution in [3.63, 3.8) is 0 Å². The maximum Gasteiger partial charge on any atom is 0.106 e. The standard InChI is InChI=1S/C15H15NO2/c1-2-4-12(5-3-1)14-10-13(6-7-16-14)15-11-17-8-9-18-15/h1-7,10,15H,8-9,11H2. The zero-order valence-corrected chi connectivity index (χ0v) is 10.1. The first-order valence-electron chi connectivity index (χ1n) is 6.14. The Morgan fingerprint density at radius 1 is 1.06 bits per heavy atom. The van der Waals surface area contributed by atoms with Crippen LogP contribution in [0.3, 0.4) is 0 Å². The van der Waals surface area contributed by atoms with Crippen LogP contribution in [0.5, 0.6) is 0 Å². The third-order valence-corrected chi connectivity index (χ3v) is 3.04. The van der Waals surface area contributed by atoms with Crippen molar-refractivity contribution in [1.29, 1.82) is 0 Å². The minimum Gasteiger partial charge on any atom is -0.376 e. The van der Waals surface area contributed by atoms with Gasteiger partial charge in [-0.1, -0.05) is 30.3 Å². The van der Waals surface area contributed by atoms with E-state index < -0.39 is 0 Å². The summed E-state index contributed by atoms with van der Waals surface area (Å²) in [6.45, 7) is 1.97. The Hall–Kier alpha value is -1.71. The summed E-state index contributed by atoms with van der Waals surface area (Å²) in [5.41, 5.74) is 3.22. The van der Waals surface area contributed by atoms with Crippen LogP contribution in [-0.4, -0.2) is 24.8 Å². The van der Waals surface area contributed by atoms with Gasteiger partial charge in [-0.05, 0) is 17.7 Å². The van der Waals surface area contributed by atoms with Gasteiger partial charge in [0.25, 0.3) is 0 Å². The molecule has 0 radical (unpaired) electrons. The summed E-state index contributed by atoms with van der Waals surface area (Å²) in [6, 6.07) is 14.2. The van der Waals surface area contributed by atoms with Gasteiger partial charge >= 0.3 is 0 Å². The lowest BCUT2D eigenvalue weighted by Gasteiger charge is -2.23. The van der Waals surface area contributed by atoms with E-state index in [-0.39, 0.29) is 6.10 Å². The molecule has 1 unspecified atom stereocenters. The van der Waals surface area contributed by atoms with Crippen LogP contribution < -0.4 is 0 Å². The highest BCUT2D eigenvalue weighted by atomic mass is 16.6. The predicted octanol–water partition coefficient (Wildman–Crippen LogP) is 2.84. The maximum atomic E-state index is 5.70.